The second kappa shape index (κ2) is 7.77. The average Bonchev–Trinajstić information content (AvgIpc) is 2.56. The molecule has 0 bridgehead atoms. The van der Waals surface area contributed by atoms with E-state index in [9.17, 15) is 19.5 Å². The first kappa shape index (κ1) is 17.0. The molecule has 5 N–H and O–H groups in total. The van der Waals surface area contributed by atoms with Crippen LogP contribution >= 0.6 is 0 Å². The summed E-state index contributed by atoms with van der Waals surface area (Å²) in [5, 5.41) is 14.0. The van der Waals surface area contributed by atoms with Crippen molar-refractivity contribution in [2.24, 2.45) is 5.73 Å². The number of phenols is 1. The molecule has 3 amide bonds. The average molecular weight is 327 g/mol. The third-order valence-electron chi connectivity index (χ3n) is 3.28. The molecule has 2 rings (SSSR count). The van der Waals surface area contributed by atoms with Gasteiger partial charge in [0.25, 0.3) is 5.91 Å². The summed E-state index contributed by atoms with van der Waals surface area (Å²) in [4.78, 5) is 34.9. The molecule has 0 aromatic heterocycles. The first-order chi connectivity index (χ1) is 11.5. The van der Waals surface area contributed by atoms with E-state index in [0.717, 1.165) is 5.56 Å². The Morgan fingerprint density at radius 3 is 2.29 bits per heavy atom. The van der Waals surface area contributed by atoms with E-state index in [1.165, 1.54) is 12.1 Å². The van der Waals surface area contributed by atoms with Gasteiger partial charge in [0.15, 0.2) is 0 Å². The number of anilines is 1. The zero-order chi connectivity index (χ0) is 17.5. The monoisotopic (exact) mass is 327 g/mol. The summed E-state index contributed by atoms with van der Waals surface area (Å²) >= 11 is 0. The lowest BCUT2D eigenvalue weighted by Gasteiger charge is -2.09. The smallest absolute Gasteiger partial charge is 0.313 e. The summed E-state index contributed by atoms with van der Waals surface area (Å²) in [5.74, 6) is -2.23. The molecule has 7 heteroatoms. The van der Waals surface area contributed by atoms with Crippen molar-refractivity contribution < 1.29 is 19.5 Å². The van der Waals surface area contributed by atoms with Crippen LogP contribution in [0.5, 0.6) is 5.75 Å². The van der Waals surface area contributed by atoms with Crippen LogP contribution in [-0.2, 0) is 16.0 Å². The van der Waals surface area contributed by atoms with E-state index in [1.807, 2.05) is 0 Å². The van der Waals surface area contributed by atoms with Gasteiger partial charge in [-0.25, -0.2) is 0 Å². The molecule has 0 aliphatic carbocycles. The summed E-state index contributed by atoms with van der Waals surface area (Å²) in [7, 11) is 0. The number of carbonyl (C=O) groups excluding carboxylic acids is 3. The minimum absolute atomic E-state index is 0.128. The van der Waals surface area contributed by atoms with E-state index in [-0.39, 0.29) is 23.5 Å². The van der Waals surface area contributed by atoms with Crippen molar-refractivity contribution >= 4 is 23.4 Å². The lowest BCUT2D eigenvalue weighted by Crippen LogP contribution is -2.36. The summed E-state index contributed by atoms with van der Waals surface area (Å²) < 4.78 is 0. The molecule has 2 aromatic rings. The number of nitrogens with two attached hydrogens (primary N) is 1. The minimum atomic E-state index is -0.880. The molecule has 0 saturated heterocycles. The number of nitrogens with one attached hydrogen (secondary N) is 2. The van der Waals surface area contributed by atoms with Crippen molar-refractivity contribution in [3.05, 3.63) is 59.7 Å². The fourth-order valence-corrected chi connectivity index (χ4v) is 2.05. The molecule has 2 aromatic carbocycles. The normalized spacial score (nSPS) is 10.0. The van der Waals surface area contributed by atoms with Gasteiger partial charge in [-0.1, -0.05) is 24.3 Å². The van der Waals surface area contributed by atoms with Crippen molar-refractivity contribution in [2.75, 3.05) is 11.9 Å². The van der Waals surface area contributed by atoms with Gasteiger partial charge in [-0.05, 0) is 36.2 Å². The van der Waals surface area contributed by atoms with Gasteiger partial charge in [0.05, 0.1) is 11.3 Å². The fourth-order valence-electron chi connectivity index (χ4n) is 2.05. The molecule has 124 valence electrons. The van der Waals surface area contributed by atoms with Gasteiger partial charge >= 0.3 is 11.8 Å². The van der Waals surface area contributed by atoms with Crippen LogP contribution in [0.3, 0.4) is 0 Å². The van der Waals surface area contributed by atoms with Gasteiger partial charge in [0.1, 0.15) is 5.75 Å². The van der Waals surface area contributed by atoms with Crippen LogP contribution in [0.25, 0.3) is 0 Å². The Labute approximate surface area is 138 Å². The Bertz CT molecular complexity index is 757. The Hall–Kier alpha value is -3.35. The first-order valence-electron chi connectivity index (χ1n) is 7.23. The van der Waals surface area contributed by atoms with Gasteiger partial charge in [0, 0.05) is 6.54 Å². The maximum Gasteiger partial charge on any atom is 0.313 e. The second-order valence-electron chi connectivity index (χ2n) is 5.04. The van der Waals surface area contributed by atoms with E-state index in [2.05, 4.69) is 10.6 Å². The van der Waals surface area contributed by atoms with Gasteiger partial charge < -0.3 is 21.5 Å². The van der Waals surface area contributed by atoms with Crippen LogP contribution in [-0.4, -0.2) is 29.4 Å². The molecule has 7 nitrogen and oxygen atoms in total. The lowest BCUT2D eigenvalue weighted by atomic mass is 10.1. The fraction of sp³-hybridized carbons (Fsp3) is 0.118. The number of hydrogen-bond acceptors (Lipinski definition) is 4. The number of hydrogen-bond donors (Lipinski definition) is 4. The van der Waals surface area contributed by atoms with Crippen LogP contribution in [0.2, 0.25) is 0 Å². The van der Waals surface area contributed by atoms with Crippen molar-refractivity contribution in [3.63, 3.8) is 0 Å². The molecular formula is C17H17N3O4. The highest BCUT2D eigenvalue weighted by Gasteiger charge is 2.16. The number of carbonyl (C=O) groups is 3. The van der Waals surface area contributed by atoms with Gasteiger partial charge in [-0.15, -0.1) is 0 Å². The van der Waals surface area contributed by atoms with Crippen molar-refractivity contribution in [3.8, 4) is 5.75 Å². The van der Waals surface area contributed by atoms with Gasteiger partial charge in [-0.3, -0.25) is 14.4 Å². The number of rotatable bonds is 5. The molecule has 24 heavy (non-hydrogen) atoms. The van der Waals surface area contributed by atoms with Crippen LogP contribution in [0.4, 0.5) is 5.69 Å². The van der Waals surface area contributed by atoms with Crippen molar-refractivity contribution in [1.29, 1.82) is 0 Å². The highest BCUT2D eigenvalue weighted by molar-refractivity contribution is 6.40. The largest absolute Gasteiger partial charge is 0.508 e. The topological polar surface area (TPSA) is 122 Å². The number of benzene rings is 2. The summed E-state index contributed by atoms with van der Waals surface area (Å²) in [6, 6.07) is 12.7. The zero-order valence-corrected chi connectivity index (χ0v) is 12.8. The van der Waals surface area contributed by atoms with Gasteiger partial charge in [-0.2, -0.15) is 0 Å². The predicted octanol–water partition coefficient (Wildman–Crippen LogP) is 0.789. The Kier molecular flexibility index (Phi) is 5.51. The molecule has 0 spiro atoms. The summed E-state index contributed by atoms with van der Waals surface area (Å²) in [6.45, 7) is 0.258. The third-order valence-corrected chi connectivity index (χ3v) is 3.28. The van der Waals surface area contributed by atoms with Crippen LogP contribution < -0.4 is 16.4 Å². The molecule has 0 aliphatic heterocycles. The van der Waals surface area contributed by atoms with Gasteiger partial charge in [0.2, 0.25) is 0 Å². The second-order valence-corrected chi connectivity index (χ2v) is 5.04. The van der Waals surface area contributed by atoms with E-state index >= 15 is 0 Å². The van der Waals surface area contributed by atoms with Crippen LogP contribution in [0.15, 0.2) is 48.5 Å². The molecule has 0 saturated carbocycles. The highest BCUT2D eigenvalue weighted by atomic mass is 16.3. The van der Waals surface area contributed by atoms with Crippen molar-refractivity contribution in [1.82, 2.24) is 5.32 Å². The maximum absolute atomic E-state index is 11.9. The minimum Gasteiger partial charge on any atom is -0.508 e. The van der Waals surface area contributed by atoms with Crippen LogP contribution in [0, 0.1) is 0 Å². The number of amides is 3. The highest BCUT2D eigenvalue weighted by Crippen LogP contribution is 2.14. The molecule has 0 radical (unpaired) electrons. The van der Waals surface area contributed by atoms with E-state index in [0.29, 0.717) is 6.42 Å². The molecule has 0 unspecified atom stereocenters. The standard InChI is InChI=1S/C17H17N3O4/c18-15(22)13-3-1-2-4-14(13)20-17(24)16(23)19-10-9-11-5-7-12(21)8-6-11/h1-8,21H,9-10H2,(H2,18,22)(H,19,23)(H,20,24). The Morgan fingerprint density at radius 1 is 0.958 bits per heavy atom. The van der Waals surface area contributed by atoms with Crippen LogP contribution in [0.1, 0.15) is 15.9 Å². The Morgan fingerprint density at radius 2 is 1.62 bits per heavy atom. The van der Waals surface area contributed by atoms with E-state index < -0.39 is 17.7 Å². The molecule has 0 aliphatic rings. The quantitative estimate of drug-likeness (QED) is 0.606. The number of phenolic OH excluding ortho intramolecular Hbond substituents is 1. The zero-order valence-electron chi connectivity index (χ0n) is 12.8. The Balaban J connectivity index is 1.87. The lowest BCUT2D eigenvalue weighted by molar-refractivity contribution is -0.136. The SMILES string of the molecule is NC(=O)c1ccccc1NC(=O)C(=O)NCCc1ccc(O)cc1. The molecular weight excluding hydrogens is 310 g/mol. The summed E-state index contributed by atoms with van der Waals surface area (Å²) in [5.41, 5.74) is 6.43. The number of aromatic hydroxyl groups is 1. The number of primary amides is 1. The number of para-hydroxylation sites is 1. The first-order valence-corrected chi connectivity index (χ1v) is 7.23. The summed E-state index contributed by atoms with van der Waals surface area (Å²) in [6.07, 6.45) is 0.511. The predicted molar refractivity (Wildman–Crippen MR) is 88.4 cm³/mol. The van der Waals surface area contributed by atoms with E-state index in [4.69, 9.17) is 5.73 Å². The maximum atomic E-state index is 11.9. The van der Waals surface area contributed by atoms with Crippen molar-refractivity contribution in [2.45, 2.75) is 6.42 Å². The molecule has 0 fully saturated rings. The molecule has 0 heterocycles. The molecule has 0 atom stereocenters. The van der Waals surface area contributed by atoms with E-state index in [1.54, 1.807) is 36.4 Å². The third kappa shape index (κ3) is 4.57.